The van der Waals surface area contributed by atoms with Crippen molar-refractivity contribution in [3.05, 3.63) is 350 Å². The second-order valence-corrected chi connectivity index (χ2v) is 37.2. The molecule has 2 aliphatic carbocycles. The lowest BCUT2D eigenvalue weighted by Gasteiger charge is -2.45. The average molecular weight is 1510 g/mol. The molecule has 5 nitrogen and oxygen atoms in total. The van der Waals surface area contributed by atoms with Crippen LogP contribution < -0.4 is 26.2 Å². The normalized spacial score (nSPS) is 15.7. The van der Waals surface area contributed by atoms with Crippen molar-refractivity contribution in [2.24, 2.45) is 0 Å². The molecule has 0 amide bonds. The molecule has 4 aliphatic rings. The molecule has 0 saturated heterocycles. The molecule has 0 radical (unpaired) electrons. The molecule has 2 aliphatic heterocycles. The van der Waals surface area contributed by atoms with Crippen LogP contribution >= 0.6 is 0 Å². The lowest BCUT2D eigenvalue weighted by Crippen LogP contribution is -2.61. The van der Waals surface area contributed by atoms with Crippen molar-refractivity contribution in [1.82, 2.24) is 13.4 Å². The molecule has 0 N–H and O–H groups in total. The predicted octanol–water partition coefficient (Wildman–Crippen LogP) is 28.2. The third kappa shape index (κ3) is 9.57. The standard InChI is InChI=1S/C112H86BN5/c1-109(2)52-54-111(5,6)92-61-70(38-47-90(92)109)67-34-43-78(44-35-67)115-102-63-72(74-57-86-81-25-13-18-30-97(81)117-98-31-19-14-26-82(98)87(58-74)107(86)117)40-49-94(102)113-95-50-41-73(75-59-88-83-27-15-20-32-99(83)118-100-33-21-16-28-84(100)89(60-75)108(88)118)64-103(95)116(79-45-36-68(37-46-79)71-39-48-91-93(62-71)112(7,8)55-53-110(91,3)4)105-66-76(65-104(115)106(105)113)69-42-51-101-85(56-69)80-24-12-17-29-96(80)114(101)77-22-10-9-11-23-77/h9-51,56-66H,52-55H2,1-8H3. The van der Waals surface area contributed by atoms with E-state index in [1.165, 1.54) is 194 Å². The summed E-state index contributed by atoms with van der Waals surface area (Å²) in [6.07, 6.45) is 4.68. The Morgan fingerprint density at radius 3 is 0.949 bits per heavy atom. The number of hydrogen-bond acceptors (Lipinski definition) is 2. The second-order valence-electron chi connectivity index (χ2n) is 37.2. The number of aromatic nitrogens is 3. The Kier molecular flexibility index (Phi) is 13.9. The Hall–Kier alpha value is -13.4. The summed E-state index contributed by atoms with van der Waals surface area (Å²) >= 11 is 0. The maximum Gasteiger partial charge on any atom is 0.252 e. The lowest BCUT2D eigenvalue weighted by molar-refractivity contribution is 0.332. The van der Waals surface area contributed by atoms with Crippen LogP contribution in [0.15, 0.2) is 328 Å². The van der Waals surface area contributed by atoms with Crippen molar-refractivity contribution in [1.29, 1.82) is 0 Å². The van der Waals surface area contributed by atoms with E-state index in [1.807, 2.05) is 0 Å². The molecule has 562 valence electrons. The highest BCUT2D eigenvalue weighted by Crippen LogP contribution is 2.54. The lowest BCUT2D eigenvalue weighted by atomic mass is 9.33. The van der Waals surface area contributed by atoms with Gasteiger partial charge in [0.2, 0.25) is 0 Å². The summed E-state index contributed by atoms with van der Waals surface area (Å²) in [4.78, 5) is 5.31. The van der Waals surface area contributed by atoms with Gasteiger partial charge in [-0.15, -0.1) is 0 Å². The summed E-state index contributed by atoms with van der Waals surface area (Å²) in [5.74, 6) is 0. The third-order valence-corrected chi connectivity index (χ3v) is 28.8. The largest absolute Gasteiger partial charge is 0.311 e. The van der Waals surface area contributed by atoms with Crippen LogP contribution in [0.3, 0.4) is 0 Å². The first-order valence-electron chi connectivity index (χ1n) is 42.5. The zero-order chi connectivity index (χ0) is 78.7. The average Bonchev–Trinajstić information content (AvgIpc) is 1.02. The van der Waals surface area contributed by atoms with Gasteiger partial charge in [0.25, 0.3) is 6.71 Å². The zero-order valence-electron chi connectivity index (χ0n) is 67.8. The number of hydrogen-bond donors (Lipinski definition) is 0. The first kappa shape index (κ1) is 67.9. The molecule has 0 spiro atoms. The van der Waals surface area contributed by atoms with E-state index < -0.39 is 0 Å². The van der Waals surface area contributed by atoms with E-state index in [-0.39, 0.29) is 28.4 Å². The molecule has 5 aromatic heterocycles. The Morgan fingerprint density at radius 1 is 0.220 bits per heavy atom. The summed E-state index contributed by atoms with van der Waals surface area (Å²) in [5, 5.41) is 12.6. The van der Waals surface area contributed by atoms with Crippen LogP contribution in [0.25, 0.3) is 159 Å². The summed E-state index contributed by atoms with van der Waals surface area (Å²) in [6, 6.07) is 127. The smallest absolute Gasteiger partial charge is 0.252 e. The predicted molar refractivity (Wildman–Crippen MR) is 502 cm³/mol. The molecule has 25 rings (SSSR count). The van der Waals surface area contributed by atoms with Crippen molar-refractivity contribution in [3.8, 4) is 61.3 Å². The van der Waals surface area contributed by atoms with Gasteiger partial charge in [-0.25, -0.2) is 0 Å². The van der Waals surface area contributed by atoms with Gasteiger partial charge in [-0.1, -0.05) is 256 Å². The van der Waals surface area contributed by atoms with Crippen LogP contribution in [0.5, 0.6) is 0 Å². The molecule has 16 aromatic carbocycles. The van der Waals surface area contributed by atoms with Gasteiger partial charge >= 0.3 is 0 Å². The fraction of sp³-hybridized carbons (Fsp3) is 0.143. The van der Waals surface area contributed by atoms with Crippen LogP contribution in [-0.2, 0) is 21.7 Å². The third-order valence-electron chi connectivity index (χ3n) is 28.8. The molecule has 0 bridgehead atoms. The molecule has 21 aromatic rings. The Morgan fingerprint density at radius 2 is 0.525 bits per heavy atom. The summed E-state index contributed by atoms with van der Waals surface area (Å²) in [7, 11) is 0. The van der Waals surface area contributed by atoms with E-state index in [1.54, 1.807) is 0 Å². The Bertz CT molecular complexity index is 7330. The minimum atomic E-state index is -0.189. The molecular formula is C112H86BN5. The topological polar surface area (TPSA) is 20.2 Å². The number of anilines is 6. The van der Waals surface area contributed by atoms with Crippen LogP contribution in [0, 0.1) is 0 Å². The number of para-hydroxylation sites is 6. The molecule has 0 atom stereocenters. The van der Waals surface area contributed by atoms with Crippen LogP contribution in [0.2, 0.25) is 0 Å². The first-order valence-corrected chi connectivity index (χ1v) is 42.5. The maximum atomic E-state index is 2.66. The molecule has 118 heavy (non-hydrogen) atoms. The molecular weight excluding hydrogens is 1430 g/mol. The minimum Gasteiger partial charge on any atom is -0.311 e. The van der Waals surface area contributed by atoms with Crippen molar-refractivity contribution in [3.63, 3.8) is 0 Å². The monoisotopic (exact) mass is 1510 g/mol. The minimum absolute atomic E-state index is 0.0658. The fourth-order valence-corrected chi connectivity index (χ4v) is 22.5. The van der Waals surface area contributed by atoms with E-state index in [2.05, 4.69) is 406 Å². The Balaban J connectivity index is 0.763. The SMILES string of the molecule is CC1(C)CCC(C)(C)c2cc(-c3ccc(N4c5cc(-c6cc7c8ccccc8n8c9ccccc9c(c6)c78)ccc5B5c6ccc(-c7cc8c9ccccc9n9c%10ccccc%10c(c7)c89)cc6N(c6ccc(-c7ccc8c(c7)C(C)(C)CCC8(C)C)cc6)c6cc(-c7ccc8c(c7)c7ccccc7n8-c7ccccc7)cc4c65)cc3)ccc21. The van der Waals surface area contributed by atoms with E-state index in [4.69, 9.17) is 0 Å². The zero-order valence-corrected chi connectivity index (χ0v) is 67.8. The quantitative estimate of drug-likeness (QED) is 0.141. The van der Waals surface area contributed by atoms with Gasteiger partial charge in [0.05, 0.1) is 44.1 Å². The van der Waals surface area contributed by atoms with Crippen LogP contribution in [-0.4, -0.2) is 20.1 Å². The van der Waals surface area contributed by atoms with E-state index in [0.717, 1.165) is 63.8 Å². The van der Waals surface area contributed by atoms with Crippen LogP contribution in [0.4, 0.5) is 34.1 Å². The van der Waals surface area contributed by atoms with Gasteiger partial charge < -0.3 is 23.2 Å². The molecule has 7 heterocycles. The van der Waals surface area contributed by atoms with Gasteiger partial charge in [0.15, 0.2) is 0 Å². The van der Waals surface area contributed by atoms with E-state index >= 15 is 0 Å². The van der Waals surface area contributed by atoms with Crippen molar-refractivity contribution in [2.45, 2.75) is 103 Å². The van der Waals surface area contributed by atoms with Gasteiger partial charge in [0.1, 0.15) is 0 Å². The summed E-state index contributed by atoms with van der Waals surface area (Å²) in [6.45, 7) is 19.3. The molecule has 6 heteroatoms. The van der Waals surface area contributed by atoms with Gasteiger partial charge in [-0.05, 0) is 269 Å². The van der Waals surface area contributed by atoms with Crippen molar-refractivity contribution < 1.29 is 0 Å². The van der Waals surface area contributed by atoms with E-state index in [0.29, 0.717) is 0 Å². The summed E-state index contributed by atoms with van der Waals surface area (Å²) in [5.41, 5.74) is 39.8. The van der Waals surface area contributed by atoms with Gasteiger partial charge in [-0.2, -0.15) is 0 Å². The number of benzene rings is 16. The first-order chi connectivity index (χ1) is 57.5. The highest BCUT2D eigenvalue weighted by atomic mass is 15.2. The number of fused-ring (bicyclic) bond motifs is 21. The molecule has 0 unspecified atom stereocenters. The highest BCUT2D eigenvalue weighted by molar-refractivity contribution is 7.00. The maximum absolute atomic E-state index is 2.66. The van der Waals surface area contributed by atoms with E-state index in [9.17, 15) is 0 Å². The van der Waals surface area contributed by atoms with Crippen molar-refractivity contribution in [2.75, 3.05) is 9.80 Å². The number of rotatable bonds is 8. The van der Waals surface area contributed by atoms with Gasteiger partial charge in [-0.3, -0.25) is 0 Å². The fourth-order valence-electron chi connectivity index (χ4n) is 22.5. The second kappa shape index (κ2) is 24.1. The summed E-state index contributed by atoms with van der Waals surface area (Å²) < 4.78 is 7.44. The molecule has 0 saturated carbocycles. The highest BCUT2D eigenvalue weighted by Gasteiger charge is 2.45. The van der Waals surface area contributed by atoms with Crippen molar-refractivity contribution >= 4 is 155 Å². The van der Waals surface area contributed by atoms with Crippen LogP contribution in [0.1, 0.15) is 103 Å². The number of nitrogens with zero attached hydrogens (tertiary/aromatic N) is 5. The molecule has 0 fully saturated rings. The Labute approximate surface area is 687 Å². The van der Waals surface area contributed by atoms with Gasteiger partial charge in [0, 0.05) is 93.7 Å².